The van der Waals surface area contributed by atoms with Crippen molar-refractivity contribution in [3.8, 4) is 0 Å². The smallest absolute Gasteiger partial charge is 0.292 e. The molecule has 0 spiro atoms. The van der Waals surface area contributed by atoms with Crippen LogP contribution in [0.4, 0.5) is 17.1 Å². The Bertz CT molecular complexity index is 393. The van der Waals surface area contributed by atoms with Crippen LogP contribution >= 0.6 is 0 Å². The quantitative estimate of drug-likeness (QED) is 0.469. The summed E-state index contributed by atoms with van der Waals surface area (Å²) in [4.78, 5) is 12.4. The fourth-order valence-corrected chi connectivity index (χ4v) is 1.72. The van der Waals surface area contributed by atoms with Crippen LogP contribution in [-0.2, 0) is 0 Å². The average Bonchev–Trinajstić information content (AvgIpc) is 2.29. The molecule has 5 nitrogen and oxygen atoms in total. The summed E-state index contributed by atoms with van der Waals surface area (Å²) in [5, 5.41) is 10.7. The molecule has 0 aliphatic rings. The zero-order valence-corrected chi connectivity index (χ0v) is 10.3. The number of nitro groups is 1. The van der Waals surface area contributed by atoms with Crippen molar-refractivity contribution in [3.63, 3.8) is 0 Å². The zero-order chi connectivity index (χ0) is 12.8. The van der Waals surface area contributed by atoms with Crippen molar-refractivity contribution in [2.24, 2.45) is 0 Å². The summed E-state index contributed by atoms with van der Waals surface area (Å²) < 4.78 is 0. The number of benzene rings is 1. The minimum atomic E-state index is -0.457. The van der Waals surface area contributed by atoms with Crippen LogP contribution < -0.4 is 10.6 Å². The topological polar surface area (TPSA) is 72.4 Å². The highest BCUT2D eigenvalue weighted by Crippen LogP contribution is 2.26. The van der Waals surface area contributed by atoms with Crippen molar-refractivity contribution in [1.82, 2.24) is 0 Å². The van der Waals surface area contributed by atoms with Crippen molar-refractivity contribution in [2.45, 2.75) is 26.7 Å². The summed E-state index contributed by atoms with van der Waals surface area (Å²) in [6.07, 6.45) is 2.23. The van der Waals surface area contributed by atoms with E-state index in [2.05, 4.69) is 18.7 Å². The Morgan fingerprint density at radius 2 is 2.12 bits per heavy atom. The molecule has 0 aromatic heterocycles. The molecular weight excluding hydrogens is 218 g/mol. The van der Waals surface area contributed by atoms with Crippen LogP contribution in [0.2, 0.25) is 0 Å². The van der Waals surface area contributed by atoms with E-state index in [9.17, 15) is 10.1 Å². The van der Waals surface area contributed by atoms with E-state index in [1.165, 1.54) is 6.07 Å². The third kappa shape index (κ3) is 3.34. The maximum atomic E-state index is 10.7. The van der Waals surface area contributed by atoms with Crippen molar-refractivity contribution < 1.29 is 4.92 Å². The summed E-state index contributed by atoms with van der Waals surface area (Å²) in [6.45, 7) is 6.02. The molecule has 2 N–H and O–H groups in total. The van der Waals surface area contributed by atoms with Gasteiger partial charge in [0.25, 0.3) is 5.69 Å². The first kappa shape index (κ1) is 13.3. The third-order valence-electron chi connectivity index (χ3n) is 2.74. The summed E-state index contributed by atoms with van der Waals surface area (Å²) in [7, 11) is 0. The maximum Gasteiger partial charge on any atom is 0.292 e. The van der Waals surface area contributed by atoms with Gasteiger partial charge in [-0.3, -0.25) is 10.1 Å². The fraction of sp³-hybridized carbons (Fsp3) is 0.500. The van der Waals surface area contributed by atoms with Gasteiger partial charge in [-0.1, -0.05) is 13.3 Å². The number of anilines is 2. The molecular formula is C12H19N3O2. The molecule has 0 unspecified atom stereocenters. The molecule has 0 aliphatic heterocycles. The molecule has 0 aliphatic carbocycles. The Kier molecular flexibility index (Phi) is 4.75. The molecule has 17 heavy (non-hydrogen) atoms. The number of nitrogen functional groups attached to an aromatic ring is 1. The second-order valence-corrected chi connectivity index (χ2v) is 3.93. The van der Waals surface area contributed by atoms with Crippen LogP contribution in [0.25, 0.3) is 0 Å². The Balaban J connectivity index is 2.90. The van der Waals surface area contributed by atoms with Gasteiger partial charge in [0.2, 0.25) is 0 Å². The maximum absolute atomic E-state index is 10.7. The Morgan fingerprint density at radius 3 is 2.59 bits per heavy atom. The number of nitrogens with two attached hydrogens (primary N) is 1. The predicted molar refractivity (Wildman–Crippen MR) is 70.3 cm³/mol. The first-order chi connectivity index (χ1) is 8.10. The predicted octanol–water partition coefficient (Wildman–Crippen LogP) is 2.80. The zero-order valence-electron chi connectivity index (χ0n) is 10.3. The highest BCUT2D eigenvalue weighted by molar-refractivity contribution is 5.66. The Hall–Kier alpha value is -1.78. The Labute approximate surface area is 101 Å². The molecule has 5 heteroatoms. The van der Waals surface area contributed by atoms with Crippen LogP contribution in [0.15, 0.2) is 18.2 Å². The second kappa shape index (κ2) is 6.08. The largest absolute Gasteiger partial charge is 0.393 e. The highest BCUT2D eigenvalue weighted by atomic mass is 16.6. The first-order valence-electron chi connectivity index (χ1n) is 5.89. The van der Waals surface area contributed by atoms with Gasteiger partial charge in [0, 0.05) is 24.8 Å². The minimum absolute atomic E-state index is 0.0275. The second-order valence-electron chi connectivity index (χ2n) is 3.93. The Morgan fingerprint density at radius 1 is 1.41 bits per heavy atom. The van der Waals surface area contributed by atoms with E-state index >= 15 is 0 Å². The van der Waals surface area contributed by atoms with Crippen LogP contribution in [0.5, 0.6) is 0 Å². The lowest BCUT2D eigenvalue weighted by Crippen LogP contribution is -2.23. The molecule has 1 rings (SSSR count). The van der Waals surface area contributed by atoms with Crippen LogP contribution in [0, 0.1) is 10.1 Å². The molecule has 0 atom stereocenters. The van der Waals surface area contributed by atoms with Gasteiger partial charge in [0.05, 0.1) is 4.92 Å². The first-order valence-corrected chi connectivity index (χ1v) is 5.89. The SMILES string of the molecule is CCCCN(CC)c1ccc([N+](=O)[O-])c(N)c1. The standard InChI is InChI=1S/C12H19N3O2/c1-3-5-8-14(4-2)10-6-7-12(15(16)17)11(13)9-10/h6-7,9H,3-5,8,13H2,1-2H3. The van der Waals surface area contributed by atoms with E-state index < -0.39 is 4.92 Å². The van der Waals surface area contributed by atoms with E-state index in [4.69, 9.17) is 5.73 Å². The molecule has 1 aromatic carbocycles. The van der Waals surface area contributed by atoms with Gasteiger partial charge < -0.3 is 10.6 Å². The number of hydrogen-bond acceptors (Lipinski definition) is 4. The summed E-state index contributed by atoms with van der Waals surface area (Å²) in [5.74, 6) is 0. The van der Waals surface area contributed by atoms with Crippen LogP contribution in [0.1, 0.15) is 26.7 Å². The molecule has 0 radical (unpaired) electrons. The van der Waals surface area contributed by atoms with Gasteiger partial charge in [-0.15, -0.1) is 0 Å². The minimum Gasteiger partial charge on any atom is -0.393 e. The van der Waals surface area contributed by atoms with Gasteiger partial charge in [-0.2, -0.15) is 0 Å². The molecule has 0 fully saturated rings. The number of hydrogen-bond donors (Lipinski definition) is 1. The van der Waals surface area contributed by atoms with Gasteiger partial charge >= 0.3 is 0 Å². The monoisotopic (exact) mass is 237 g/mol. The van der Waals surface area contributed by atoms with Crippen LogP contribution in [0.3, 0.4) is 0 Å². The lowest BCUT2D eigenvalue weighted by molar-refractivity contribution is -0.383. The molecule has 94 valence electrons. The lowest BCUT2D eigenvalue weighted by Gasteiger charge is -2.23. The van der Waals surface area contributed by atoms with E-state index in [0.717, 1.165) is 31.6 Å². The summed E-state index contributed by atoms with van der Waals surface area (Å²) >= 11 is 0. The molecule has 0 amide bonds. The van der Waals surface area contributed by atoms with E-state index in [1.54, 1.807) is 12.1 Å². The van der Waals surface area contributed by atoms with Gasteiger partial charge in [0.1, 0.15) is 5.69 Å². The summed E-state index contributed by atoms with van der Waals surface area (Å²) in [5.41, 5.74) is 6.82. The van der Waals surface area contributed by atoms with Gasteiger partial charge in [0.15, 0.2) is 0 Å². The lowest BCUT2D eigenvalue weighted by atomic mass is 10.2. The molecule has 0 saturated carbocycles. The molecule has 0 bridgehead atoms. The van der Waals surface area contributed by atoms with Crippen molar-refractivity contribution in [3.05, 3.63) is 28.3 Å². The van der Waals surface area contributed by atoms with Gasteiger partial charge in [-0.25, -0.2) is 0 Å². The van der Waals surface area contributed by atoms with Crippen molar-refractivity contribution in [2.75, 3.05) is 23.7 Å². The normalized spacial score (nSPS) is 10.2. The van der Waals surface area contributed by atoms with Crippen molar-refractivity contribution >= 4 is 17.1 Å². The van der Waals surface area contributed by atoms with Crippen molar-refractivity contribution in [1.29, 1.82) is 0 Å². The summed E-state index contributed by atoms with van der Waals surface area (Å²) in [6, 6.07) is 4.91. The van der Waals surface area contributed by atoms with E-state index in [1.807, 2.05) is 0 Å². The number of nitrogens with zero attached hydrogens (tertiary/aromatic N) is 2. The molecule has 0 saturated heterocycles. The number of nitro benzene ring substituents is 1. The number of unbranched alkanes of at least 4 members (excludes halogenated alkanes) is 1. The van der Waals surface area contributed by atoms with Gasteiger partial charge in [-0.05, 0) is 25.5 Å². The fourth-order valence-electron chi connectivity index (χ4n) is 1.72. The molecule has 0 heterocycles. The highest BCUT2D eigenvalue weighted by Gasteiger charge is 2.13. The average molecular weight is 237 g/mol. The van der Waals surface area contributed by atoms with E-state index in [-0.39, 0.29) is 11.4 Å². The third-order valence-corrected chi connectivity index (χ3v) is 2.74. The molecule has 1 aromatic rings. The van der Waals surface area contributed by atoms with E-state index in [0.29, 0.717) is 0 Å². The number of rotatable bonds is 6. The van der Waals surface area contributed by atoms with Crippen LogP contribution in [-0.4, -0.2) is 18.0 Å².